The van der Waals surface area contributed by atoms with Crippen molar-refractivity contribution in [3.05, 3.63) is 54.3 Å². The lowest BCUT2D eigenvalue weighted by atomic mass is 9.79. The maximum Gasteiger partial charge on any atom is 0.273 e. The standard InChI is InChI=1S/C18H18FNO6S/c19-12-2-4-13(5-3-12)26-14-6-8-15(9-7-14)27(24,25)18(10-1-11-18)16(21)17(22)20-23/h2-9,16,21,23H,1,10-11H2,(H,20,22). The number of ether oxygens (including phenoxy) is 1. The molecular formula is C18H18FNO6S. The maximum atomic E-state index is 13.0. The van der Waals surface area contributed by atoms with Gasteiger partial charge in [0.25, 0.3) is 5.91 Å². The largest absolute Gasteiger partial charge is 0.457 e. The Morgan fingerprint density at radius 1 is 1.07 bits per heavy atom. The zero-order valence-corrected chi connectivity index (χ0v) is 14.9. The number of hydroxylamine groups is 1. The van der Waals surface area contributed by atoms with Gasteiger partial charge in [-0.2, -0.15) is 0 Å². The smallest absolute Gasteiger partial charge is 0.273 e. The molecule has 1 saturated carbocycles. The van der Waals surface area contributed by atoms with Gasteiger partial charge in [0.15, 0.2) is 15.9 Å². The lowest BCUT2D eigenvalue weighted by Crippen LogP contribution is -2.59. The molecule has 7 nitrogen and oxygen atoms in total. The Bertz CT molecular complexity index is 923. The maximum absolute atomic E-state index is 13.0. The van der Waals surface area contributed by atoms with E-state index < -0.39 is 32.4 Å². The summed E-state index contributed by atoms with van der Waals surface area (Å²) in [6.07, 6.45) is -1.12. The van der Waals surface area contributed by atoms with Crippen molar-refractivity contribution in [3.8, 4) is 11.5 Å². The van der Waals surface area contributed by atoms with Crippen LogP contribution in [0.25, 0.3) is 0 Å². The highest BCUT2D eigenvalue weighted by Crippen LogP contribution is 2.45. The summed E-state index contributed by atoms with van der Waals surface area (Å²) < 4.78 is 42.8. The van der Waals surface area contributed by atoms with Crippen LogP contribution in [0.2, 0.25) is 0 Å². The number of nitrogens with one attached hydrogen (secondary N) is 1. The van der Waals surface area contributed by atoms with Gasteiger partial charge in [0.05, 0.1) is 4.90 Å². The van der Waals surface area contributed by atoms with Crippen LogP contribution in [0, 0.1) is 5.82 Å². The van der Waals surface area contributed by atoms with Crippen molar-refractivity contribution in [1.29, 1.82) is 0 Å². The number of hydrogen-bond donors (Lipinski definition) is 3. The van der Waals surface area contributed by atoms with Crippen LogP contribution >= 0.6 is 0 Å². The SMILES string of the molecule is O=C(NO)C(O)C1(S(=O)(=O)c2ccc(Oc3ccc(F)cc3)cc2)CCC1. The number of benzene rings is 2. The van der Waals surface area contributed by atoms with E-state index in [-0.39, 0.29) is 17.7 Å². The van der Waals surface area contributed by atoms with E-state index in [1.54, 1.807) is 0 Å². The first kappa shape index (κ1) is 19.3. The number of aliphatic hydroxyl groups is 1. The zero-order valence-electron chi connectivity index (χ0n) is 14.1. The second-order valence-corrected chi connectivity index (χ2v) is 8.62. The summed E-state index contributed by atoms with van der Waals surface area (Å²) in [5.41, 5.74) is 1.30. The van der Waals surface area contributed by atoms with E-state index in [0.29, 0.717) is 17.9 Å². The number of carbonyl (C=O) groups is 1. The number of carbonyl (C=O) groups excluding carboxylic acids is 1. The summed E-state index contributed by atoms with van der Waals surface area (Å²) in [4.78, 5) is 11.5. The predicted molar refractivity (Wildman–Crippen MR) is 92.6 cm³/mol. The van der Waals surface area contributed by atoms with Crippen LogP contribution in [-0.2, 0) is 14.6 Å². The van der Waals surface area contributed by atoms with Gasteiger partial charge in [-0.05, 0) is 61.4 Å². The molecule has 1 aliphatic carbocycles. The number of sulfone groups is 1. The molecule has 1 amide bonds. The Labute approximate surface area is 155 Å². The molecule has 0 saturated heterocycles. The van der Waals surface area contributed by atoms with Gasteiger partial charge in [-0.25, -0.2) is 18.3 Å². The molecule has 0 aromatic heterocycles. The lowest BCUT2D eigenvalue weighted by molar-refractivity contribution is -0.141. The normalized spacial score (nSPS) is 16.9. The fraction of sp³-hybridized carbons (Fsp3) is 0.278. The van der Waals surface area contributed by atoms with Crippen LogP contribution in [0.5, 0.6) is 11.5 Å². The van der Waals surface area contributed by atoms with Crippen molar-refractivity contribution in [3.63, 3.8) is 0 Å². The van der Waals surface area contributed by atoms with E-state index >= 15 is 0 Å². The summed E-state index contributed by atoms with van der Waals surface area (Å²) in [5, 5.41) is 18.9. The van der Waals surface area contributed by atoms with E-state index in [1.807, 2.05) is 0 Å². The highest BCUT2D eigenvalue weighted by molar-refractivity contribution is 7.93. The number of amides is 1. The van der Waals surface area contributed by atoms with E-state index in [9.17, 15) is 22.7 Å². The van der Waals surface area contributed by atoms with Gasteiger partial charge in [-0.1, -0.05) is 6.42 Å². The molecule has 1 atom stereocenters. The Hall–Kier alpha value is -2.49. The Balaban J connectivity index is 1.84. The molecule has 3 N–H and O–H groups in total. The average Bonchev–Trinajstić information content (AvgIpc) is 2.62. The second kappa shape index (κ2) is 7.26. The molecule has 1 unspecified atom stereocenters. The van der Waals surface area contributed by atoms with Crippen LogP contribution in [-0.4, -0.2) is 35.5 Å². The molecule has 1 fully saturated rings. The molecule has 9 heteroatoms. The molecule has 2 aromatic carbocycles. The number of rotatable bonds is 6. The first-order valence-electron chi connectivity index (χ1n) is 8.20. The van der Waals surface area contributed by atoms with Gasteiger partial charge in [0, 0.05) is 0 Å². The van der Waals surface area contributed by atoms with Crippen LogP contribution in [0.15, 0.2) is 53.4 Å². The summed E-state index contributed by atoms with van der Waals surface area (Å²) in [6.45, 7) is 0. The Morgan fingerprint density at radius 2 is 1.59 bits per heavy atom. The highest BCUT2D eigenvalue weighted by Gasteiger charge is 2.57. The minimum Gasteiger partial charge on any atom is -0.457 e. The molecule has 0 radical (unpaired) electrons. The molecule has 0 spiro atoms. The van der Waals surface area contributed by atoms with E-state index in [0.717, 1.165) is 0 Å². The number of halogens is 1. The van der Waals surface area contributed by atoms with E-state index in [1.165, 1.54) is 54.0 Å². The minimum atomic E-state index is -4.04. The minimum absolute atomic E-state index is 0.0709. The molecule has 2 aromatic rings. The molecule has 27 heavy (non-hydrogen) atoms. The van der Waals surface area contributed by atoms with Gasteiger partial charge >= 0.3 is 0 Å². The molecule has 3 rings (SSSR count). The molecule has 144 valence electrons. The third-order valence-electron chi connectivity index (χ3n) is 4.78. The van der Waals surface area contributed by atoms with Crippen molar-refractivity contribution >= 4 is 15.7 Å². The number of aliphatic hydroxyl groups excluding tert-OH is 1. The highest BCUT2D eigenvalue weighted by atomic mass is 32.2. The summed E-state index contributed by atoms with van der Waals surface area (Å²) in [5.74, 6) is -0.830. The molecule has 0 bridgehead atoms. The fourth-order valence-electron chi connectivity index (χ4n) is 3.07. The molecule has 0 aliphatic heterocycles. The summed E-state index contributed by atoms with van der Waals surface area (Å²) in [7, 11) is -4.04. The van der Waals surface area contributed by atoms with Crippen LogP contribution in [0.4, 0.5) is 4.39 Å². The van der Waals surface area contributed by atoms with Crippen molar-refractivity contribution in [2.75, 3.05) is 0 Å². The van der Waals surface area contributed by atoms with Gasteiger partial charge in [0.2, 0.25) is 0 Å². The second-order valence-electron chi connectivity index (χ2n) is 6.33. The van der Waals surface area contributed by atoms with Gasteiger partial charge < -0.3 is 9.84 Å². The van der Waals surface area contributed by atoms with Crippen molar-refractivity contribution in [2.45, 2.75) is 35.0 Å². The first-order valence-corrected chi connectivity index (χ1v) is 9.69. The Kier molecular flexibility index (Phi) is 5.18. The zero-order chi connectivity index (χ0) is 19.7. The third-order valence-corrected chi connectivity index (χ3v) is 7.37. The quantitative estimate of drug-likeness (QED) is 0.510. The van der Waals surface area contributed by atoms with Gasteiger partial charge in [-0.15, -0.1) is 0 Å². The first-order chi connectivity index (χ1) is 12.8. The molecule has 1 aliphatic rings. The van der Waals surface area contributed by atoms with Gasteiger partial charge in [-0.3, -0.25) is 10.0 Å². The van der Waals surface area contributed by atoms with Crippen LogP contribution < -0.4 is 10.2 Å². The molecule has 0 heterocycles. The monoisotopic (exact) mass is 395 g/mol. The third kappa shape index (κ3) is 3.41. The van der Waals surface area contributed by atoms with Crippen molar-refractivity contribution in [2.24, 2.45) is 0 Å². The topological polar surface area (TPSA) is 113 Å². The Morgan fingerprint density at radius 3 is 2.04 bits per heavy atom. The predicted octanol–water partition coefficient (Wildman–Crippen LogP) is 2.18. The van der Waals surface area contributed by atoms with E-state index in [4.69, 9.17) is 9.94 Å². The van der Waals surface area contributed by atoms with Crippen molar-refractivity contribution < 1.29 is 32.7 Å². The fourth-order valence-corrected chi connectivity index (χ4v) is 5.27. The number of hydrogen-bond acceptors (Lipinski definition) is 6. The molecular weight excluding hydrogens is 377 g/mol. The summed E-state index contributed by atoms with van der Waals surface area (Å²) in [6, 6.07) is 10.8. The van der Waals surface area contributed by atoms with E-state index in [2.05, 4.69) is 0 Å². The summed E-state index contributed by atoms with van der Waals surface area (Å²) >= 11 is 0. The van der Waals surface area contributed by atoms with Gasteiger partial charge in [0.1, 0.15) is 22.1 Å². The van der Waals surface area contributed by atoms with Crippen LogP contribution in [0.1, 0.15) is 19.3 Å². The van der Waals surface area contributed by atoms with Crippen LogP contribution in [0.3, 0.4) is 0 Å². The lowest BCUT2D eigenvalue weighted by Gasteiger charge is -2.43. The van der Waals surface area contributed by atoms with Crippen molar-refractivity contribution in [1.82, 2.24) is 5.48 Å². The average molecular weight is 395 g/mol.